The standard InChI is InChI=1S/C16H29N5O7S/c1-8(22)13(15(26)20-10(16(27)28)5-6-29-2)21-12(24)7-19-14(25)9(17)3-4-11(18)23/h8-10,13,22H,3-7,17H2,1-2H3,(H2,18,23)(H,19,25)(H,20,26)(H,21,24)(H,27,28). The van der Waals surface area contributed by atoms with Crippen molar-refractivity contribution in [2.24, 2.45) is 11.5 Å². The van der Waals surface area contributed by atoms with Gasteiger partial charge in [-0.2, -0.15) is 11.8 Å². The Morgan fingerprint density at radius 1 is 1.07 bits per heavy atom. The van der Waals surface area contributed by atoms with E-state index in [1.165, 1.54) is 18.7 Å². The monoisotopic (exact) mass is 435 g/mol. The first-order chi connectivity index (χ1) is 13.5. The highest BCUT2D eigenvalue weighted by molar-refractivity contribution is 7.98. The molecule has 0 aliphatic heterocycles. The summed E-state index contributed by atoms with van der Waals surface area (Å²) in [5.74, 6) is -3.72. The third-order valence-corrected chi connectivity index (χ3v) is 4.41. The highest BCUT2D eigenvalue weighted by Gasteiger charge is 2.29. The SMILES string of the molecule is CSCCC(NC(=O)C(NC(=O)CNC(=O)C(N)CCC(N)=O)C(C)O)C(=O)O. The van der Waals surface area contributed by atoms with Crippen molar-refractivity contribution in [1.82, 2.24) is 16.0 Å². The lowest BCUT2D eigenvalue weighted by atomic mass is 10.1. The van der Waals surface area contributed by atoms with Crippen molar-refractivity contribution in [2.45, 2.75) is 50.4 Å². The summed E-state index contributed by atoms with van der Waals surface area (Å²) in [6, 6.07) is -3.63. The summed E-state index contributed by atoms with van der Waals surface area (Å²) in [7, 11) is 0. The first kappa shape index (κ1) is 26.6. The Balaban J connectivity index is 4.71. The van der Waals surface area contributed by atoms with Gasteiger partial charge in [-0.05, 0) is 31.8 Å². The molecule has 4 atom stereocenters. The van der Waals surface area contributed by atoms with Crippen molar-refractivity contribution in [2.75, 3.05) is 18.6 Å². The van der Waals surface area contributed by atoms with Crippen LogP contribution in [0.1, 0.15) is 26.2 Å². The van der Waals surface area contributed by atoms with E-state index < -0.39 is 60.4 Å². The highest BCUT2D eigenvalue weighted by atomic mass is 32.2. The van der Waals surface area contributed by atoms with Gasteiger partial charge >= 0.3 is 5.97 Å². The molecule has 0 heterocycles. The smallest absolute Gasteiger partial charge is 0.326 e. The number of rotatable bonds is 14. The van der Waals surface area contributed by atoms with E-state index in [1.54, 1.807) is 6.26 Å². The molecular formula is C16H29N5O7S. The summed E-state index contributed by atoms with van der Waals surface area (Å²) in [4.78, 5) is 58.0. The molecule has 0 radical (unpaired) electrons. The van der Waals surface area contributed by atoms with Crippen molar-refractivity contribution in [3.8, 4) is 0 Å². The molecule has 13 heteroatoms. The number of carboxylic acids is 1. The zero-order valence-corrected chi connectivity index (χ0v) is 17.2. The van der Waals surface area contributed by atoms with E-state index in [0.29, 0.717) is 5.75 Å². The average Bonchev–Trinajstić information content (AvgIpc) is 2.64. The molecule has 0 saturated heterocycles. The molecule has 0 aromatic heterocycles. The summed E-state index contributed by atoms with van der Waals surface area (Å²) in [6.07, 6.45) is 0.554. The van der Waals surface area contributed by atoms with Gasteiger partial charge < -0.3 is 37.6 Å². The van der Waals surface area contributed by atoms with Crippen LogP contribution in [-0.4, -0.2) is 82.6 Å². The second kappa shape index (κ2) is 13.7. The summed E-state index contributed by atoms with van der Waals surface area (Å²) in [5.41, 5.74) is 10.5. The summed E-state index contributed by atoms with van der Waals surface area (Å²) in [5, 5.41) is 25.7. The van der Waals surface area contributed by atoms with E-state index in [0.717, 1.165) is 0 Å². The molecule has 0 saturated carbocycles. The van der Waals surface area contributed by atoms with Gasteiger partial charge in [-0.3, -0.25) is 19.2 Å². The Morgan fingerprint density at radius 3 is 2.17 bits per heavy atom. The molecule has 0 aliphatic rings. The number of primary amides is 1. The van der Waals surface area contributed by atoms with E-state index in [1.807, 2.05) is 0 Å². The number of hydrogen-bond acceptors (Lipinski definition) is 8. The zero-order valence-electron chi connectivity index (χ0n) is 16.3. The van der Waals surface area contributed by atoms with Gasteiger partial charge in [0.2, 0.25) is 23.6 Å². The van der Waals surface area contributed by atoms with Gasteiger partial charge in [0.1, 0.15) is 12.1 Å². The molecule has 0 spiro atoms. The predicted octanol–water partition coefficient (Wildman–Crippen LogP) is -3.12. The molecule has 0 bridgehead atoms. The number of carbonyl (C=O) groups excluding carboxylic acids is 4. The Kier molecular flexibility index (Phi) is 12.6. The van der Waals surface area contributed by atoms with Crippen molar-refractivity contribution >= 4 is 41.4 Å². The Labute approximate surface area is 172 Å². The molecule has 0 aliphatic carbocycles. The second-order valence-corrected chi connectivity index (χ2v) is 7.28. The van der Waals surface area contributed by atoms with Crippen LogP contribution in [0.4, 0.5) is 0 Å². The molecule has 0 aromatic rings. The number of carbonyl (C=O) groups is 5. The molecule has 166 valence electrons. The quantitative estimate of drug-likeness (QED) is 0.147. The molecular weight excluding hydrogens is 406 g/mol. The number of aliphatic hydroxyl groups excluding tert-OH is 1. The van der Waals surface area contributed by atoms with Gasteiger partial charge in [0.15, 0.2) is 0 Å². The number of nitrogens with two attached hydrogens (primary N) is 2. The number of thioether (sulfide) groups is 1. The number of hydrogen-bond donors (Lipinski definition) is 7. The maximum atomic E-state index is 12.3. The normalized spacial score (nSPS) is 14.8. The average molecular weight is 436 g/mol. The number of carboxylic acid groups (broad SMARTS) is 1. The molecule has 0 rings (SSSR count). The second-order valence-electron chi connectivity index (χ2n) is 6.30. The first-order valence-electron chi connectivity index (χ1n) is 8.80. The largest absolute Gasteiger partial charge is 0.480 e. The van der Waals surface area contributed by atoms with Crippen molar-refractivity contribution in [1.29, 1.82) is 0 Å². The number of aliphatic carboxylic acids is 1. The topological polar surface area (TPSA) is 214 Å². The van der Waals surface area contributed by atoms with E-state index >= 15 is 0 Å². The van der Waals surface area contributed by atoms with Crippen LogP contribution in [0.3, 0.4) is 0 Å². The highest BCUT2D eigenvalue weighted by Crippen LogP contribution is 2.03. The Hall–Kier alpha value is -2.38. The minimum absolute atomic E-state index is 0.00805. The lowest BCUT2D eigenvalue weighted by Gasteiger charge is -2.23. The molecule has 0 fully saturated rings. The van der Waals surface area contributed by atoms with Crippen molar-refractivity contribution in [3.05, 3.63) is 0 Å². The molecule has 4 unspecified atom stereocenters. The number of aliphatic hydroxyl groups is 1. The van der Waals surface area contributed by atoms with Gasteiger partial charge in [0, 0.05) is 6.42 Å². The molecule has 0 aromatic carbocycles. The van der Waals surface area contributed by atoms with Crippen LogP contribution in [0.5, 0.6) is 0 Å². The lowest BCUT2D eigenvalue weighted by Crippen LogP contribution is -2.57. The van der Waals surface area contributed by atoms with Gasteiger partial charge in [-0.1, -0.05) is 0 Å². The van der Waals surface area contributed by atoms with Crippen LogP contribution < -0.4 is 27.4 Å². The first-order valence-corrected chi connectivity index (χ1v) is 10.2. The molecule has 4 amide bonds. The third-order valence-electron chi connectivity index (χ3n) is 3.77. The van der Waals surface area contributed by atoms with Gasteiger partial charge in [0.05, 0.1) is 18.7 Å². The fourth-order valence-corrected chi connectivity index (χ4v) is 2.58. The van der Waals surface area contributed by atoms with E-state index in [4.69, 9.17) is 16.6 Å². The van der Waals surface area contributed by atoms with Crippen LogP contribution in [-0.2, 0) is 24.0 Å². The van der Waals surface area contributed by atoms with Gasteiger partial charge in [0.25, 0.3) is 0 Å². The Bertz CT molecular complexity index is 602. The third kappa shape index (κ3) is 11.3. The van der Waals surface area contributed by atoms with Crippen LogP contribution >= 0.6 is 11.8 Å². The number of nitrogens with one attached hydrogen (secondary N) is 3. The van der Waals surface area contributed by atoms with E-state index in [-0.39, 0.29) is 19.3 Å². The minimum atomic E-state index is -1.42. The van der Waals surface area contributed by atoms with Crippen molar-refractivity contribution < 1.29 is 34.2 Å². The zero-order chi connectivity index (χ0) is 22.6. The van der Waals surface area contributed by atoms with E-state index in [9.17, 15) is 29.1 Å². The predicted molar refractivity (Wildman–Crippen MR) is 106 cm³/mol. The maximum absolute atomic E-state index is 12.3. The van der Waals surface area contributed by atoms with Crippen LogP contribution in [0.15, 0.2) is 0 Å². The molecule has 9 N–H and O–H groups in total. The van der Waals surface area contributed by atoms with Gasteiger partial charge in [-0.25, -0.2) is 4.79 Å². The fourth-order valence-electron chi connectivity index (χ4n) is 2.11. The lowest BCUT2D eigenvalue weighted by molar-refractivity contribution is -0.143. The van der Waals surface area contributed by atoms with Crippen LogP contribution in [0.2, 0.25) is 0 Å². The molecule has 12 nitrogen and oxygen atoms in total. The summed E-state index contributed by atoms with van der Waals surface area (Å²) < 4.78 is 0. The Morgan fingerprint density at radius 2 is 1.69 bits per heavy atom. The summed E-state index contributed by atoms with van der Waals surface area (Å²) in [6.45, 7) is 0.717. The van der Waals surface area contributed by atoms with Gasteiger partial charge in [-0.15, -0.1) is 0 Å². The number of amides is 4. The van der Waals surface area contributed by atoms with Crippen LogP contribution in [0, 0.1) is 0 Å². The molecule has 29 heavy (non-hydrogen) atoms. The minimum Gasteiger partial charge on any atom is -0.480 e. The maximum Gasteiger partial charge on any atom is 0.326 e. The van der Waals surface area contributed by atoms with Crippen molar-refractivity contribution in [3.63, 3.8) is 0 Å². The fraction of sp³-hybridized carbons (Fsp3) is 0.688. The van der Waals surface area contributed by atoms with Crippen LogP contribution in [0.25, 0.3) is 0 Å². The summed E-state index contributed by atoms with van der Waals surface area (Å²) >= 11 is 1.41. The van der Waals surface area contributed by atoms with E-state index in [2.05, 4.69) is 16.0 Å².